The van der Waals surface area contributed by atoms with Gasteiger partial charge in [0.2, 0.25) is 6.41 Å². The molecule has 0 aliphatic rings. The van der Waals surface area contributed by atoms with Crippen LogP contribution in [0.3, 0.4) is 0 Å². The van der Waals surface area contributed by atoms with E-state index in [9.17, 15) is 9.59 Å². The first-order valence-corrected chi connectivity index (χ1v) is 11.3. The molecule has 0 radical (unpaired) electrons. The zero-order valence-electron chi connectivity index (χ0n) is 17.7. The number of hydrogen-bond donors (Lipinski definition) is 1. The molecule has 30 heavy (non-hydrogen) atoms. The second-order valence-electron chi connectivity index (χ2n) is 7.00. The number of benzene rings is 1. The average Bonchev–Trinajstić information content (AvgIpc) is 3.10. The zero-order valence-corrected chi connectivity index (χ0v) is 19.2. The Morgan fingerprint density at radius 3 is 2.57 bits per heavy atom. The summed E-state index contributed by atoms with van der Waals surface area (Å²) in [7, 11) is 3.28. The van der Waals surface area contributed by atoms with Gasteiger partial charge in [0, 0.05) is 38.0 Å². The van der Waals surface area contributed by atoms with Crippen LogP contribution >= 0.6 is 23.4 Å². The standard InChI is InChI=1S/C21H29ClN4O3S/c1-4-5-13-30-21-23-19(25(3)15-28)18(20(29)24(2)11-6-12-27)26(21)14-16-7-9-17(22)10-8-16/h7-10,15,27H,4-6,11-14H2,1-3H3. The Bertz CT molecular complexity index is 842. The van der Waals surface area contributed by atoms with Gasteiger partial charge < -0.3 is 19.5 Å². The number of amides is 2. The molecule has 0 atom stereocenters. The normalized spacial score (nSPS) is 10.8. The molecule has 0 spiro atoms. The SMILES string of the molecule is CCCCSc1nc(N(C)C=O)c(C(=O)N(C)CCCO)n1Cc1ccc(Cl)cc1. The van der Waals surface area contributed by atoms with E-state index >= 15 is 0 Å². The molecule has 2 aromatic rings. The van der Waals surface area contributed by atoms with Gasteiger partial charge in [0.25, 0.3) is 5.91 Å². The van der Waals surface area contributed by atoms with E-state index in [2.05, 4.69) is 11.9 Å². The van der Waals surface area contributed by atoms with Gasteiger partial charge in [0.1, 0.15) is 0 Å². The summed E-state index contributed by atoms with van der Waals surface area (Å²) in [5.41, 5.74) is 1.33. The maximum atomic E-state index is 13.3. The van der Waals surface area contributed by atoms with Crippen molar-refractivity contribution in [1.29, 1.82) is 0 Å². The lowest BCUT2D eigenvalue weighted by atomic mass is 10.2. The minimum Gasteiger partial charge on any atom is -0.396 e. The largest absolute Gasteiger partial charge is 0.396 e. The van der Waals surface area contributed by atoms with Gasteiger partial charge in [0.15, 0.2) is 16.7 Å². The number of thioether (sulfide) groups is 1. The third-order valence-corrected chi connectivity index (χ3v) is 5.90. The van der Waals surface area contributed by atoms with E-state index in [1.54, 1.807) is 30.8 Å². The molecule has 0 saturated heterocycles. The van der Waals surface area contributed by atoms with Crippen LogP contribution < -0.4 is 4.90 Å². The number of carbonyl (C=O) groups is 2. The Kier molecular flexibility index (Phi) is 9.68. The first-order chi connectivity index (χ1) is 14.4. The topological polar surface area (TPSA) is 78.7 Å². The molecule has 1 aromatic carbocycles. The van der Waals surface area contributed by atoms with Crippen molar-refractivity contribution >= 4 is 41.5 Å². The van der Waals surface area contributed by atoms with E-state index in [-0.39, 0.29) is 12.5 Å². The van der Waals surface area contributed by atoms with Crippen molar-refractivity contribution in [3.63, 3.8) is 0 Å². The second-order valence-corrected chi connectivity index (χ2v) is 8.50. The van der Waals surface area contributed by atoms with Crippen molar-refractivity contribution in [2.45, 2.75) is 37.9 Å². The Balaban J connectivity index is 2.53. The number of hydrogen-bond acceptors (Lipinski definition) is 5. The summed E-state index contributed by atoms with van der Waals surface area (Å²) in [4.78, 5) is 32.3. The van der Waals surface area contributed by atoms with Gasteiger partial charge in [-0.3, -0.25) is 9.59 Å². The lowest BCUT2D eigenvalue weighted by Crippen LogP contribution is -2.32. The van der Waals surface area contributed by atoms with E-state index < -0.39 is 0 Å². The fourth-order valence-electron chi connectivity index (χ4n) is 2.85. The van der Waals surface area contributed by atoms with Crippen LogP contribution in [0.1, 0.15) is 42.2 Å². The molecule has 0 saturated carbocycles. The molecule has 164 valence electrons. The molecule has 0 bridgehead atoms. The van der Waals surface area contributed by atoms with Crippen LogP contribution in [-0.2, 0) is 11.3 Å². The smallest absolute Gasteiger partial charge is 0.274 e. The fraction of sp³-hybridized carbons (Fsp3) is 0.476. The van der Waals surface area contributed by atoms with Crippen LogP contribution in [-0.4, -0.2) is 64.9 Å². The monoisotopic (exact) mass is 452 g/mol. The van der Waals surface area contributed by atoms with Gasteiger partial charge in [0.05, 0.1) is 6.54 Å². The molecule has 1 aromatic heterocycles. The molecule has 0 fully saturated rings. The number of rotatable bonds is 12. The van der Waals surface area contributed by atoms with Crippen molar-refractivity contribution in [2.24, 2.45) is 0 Å². The van der Waals surface area contributed by atoms with Crippen molar-refractivity contribution in [1.82, 2.24) is 14.5 Å². The number of carbonyl (C=O) groups excluding carboxylic acids is 2. The van der Waals surface area contributed by atoms with Crippen LogP contribution in [0.2, 0.25) is 5.02 Å². The molecule has 9 heteroatoms. The maximum Gasteiger partial charge on any atom is 0.274 e. The number of anilines is 1. The first-order valence-electron chi connectivity index (χ1n) is 9.95. The highest BCUT2D eigenvalue weighted by molar-refractivity contribution is 7.99. The summed E-state index contributed by atoms with van der Waals surface area (Å²) in [5.74, 6) is 0.960. The Labute approximate surface area is 187 Å². The highest BCUT2D eigenvalue weighted by Crippen LogP contribution is 2.29. The second kappa shape index (κ2) is 12.0. The number of imidazole rings is 1. The highest BCUT2D eigenvalue weighted by Gasteiger charge is 2.28. The molecule has 0 unspecified atom stereocenters. The number of halogens is 1. The van der Waals surface area contributed by atoms with Gasteiger partial charge in [-0.05, 0) is 30.5 Å². The van der Waals surface area contributed by atoms with Crippen LogP contribution in [0.25, 0.3) is 0 Å². The van der Waals surface area contributed by atoms with E-state index in [1.165, 1.54) is 4.90 Å². The predicted octanol–water partition coefficient (Wildman–Crippen LogP) is 3.52. The van der Waals surface area contributed by atoms with Crippen molar-refractivity contribution in [2.75, 3.05) is 37.9 Å². The number of nitrogens with zero attached hydrogens (tertiary/aromatic N) is 4. The lowest BCUT2D eigenvalue weighted by Gasteiger charge is -2.20. The van der Waals surface area contributed by atoms with E-state index in [1.807, 2.05) is 28.8 Å². The Morgan fingerprint density at radius 1 is 1.27 bits per heavy atom. The van der Waals surface area contributed by atoms with Gasteiger partial charge in [-0.2, -0.15) is 0 Å². The molecule has 1 N–H and O–H groups in total. The molecule has 2 rings (SSSR count). The molecule has 0 aliphatic heterocycles. The molecule has 2 amide bonds. The van der Waals surface area contributed by atoms with Crippen molar-refractivity contribution in [3.05, 3.63) is 40.5 Å². The summed E-state index contributed by atoms with van der Waals surface area (Å²) in [6.45, 7) is 2.96. The third-order valence-electron chi connectivity index (χ3n) is 4.59. The van der Waals surface area contributed by atoms with Crippen LogP contribution in [0, 0.1) is 0 Å². The van der Waals surface area contributed by atoms with Crippen molar-refractivity contribution in [3.8, 4) is 0 Å². The molecular formula is C21H29ClN4O3S. The van der Waals surface area contributed by atoms with Gasteiger partial charge in [-0.1, -0.05) is 48.8 Å². The summed E-state index contributed by atoms with van der Waals surface area (Å²) in [6, 6.07) is 7.45. The van der Waals surface area contributed by atoms with Crippen molar-refractivity contribution < 1.29 is 14.7 Å². The number of aromatic nitrogens is 2. The number of unbranched alkanes of at least 4 members (excludes halogenated alkanes) is 1. The summed E-state index contributed by atoms with van der Waals surface area (Å²) in [6.07, 6.45) is 3.21. The molecule has 0 aliphatic carbocycles. The highest BCUT2D eigenvalue weighted by atomic mass is 35.5. The maximum absolute atomic E-state index is 13.3. The zero-order chi connectivity index (χ0) is 22.1. The molecular weight excluding hydrogens is 424 g/mol. The first kappa shape index (κ1) is 24.2. The minimum atomic E-state index is -0.240. The number of aliphatic hydroxyl groups is 1. The lowest BCUT2D eigenvalue weighted by molar-refractivity contribution is -0.107. The quantitative estimate of drug-likeness (QED) is 0.303. The van der Waals surface area contributed by atoms with Crippen LogP contribution in [0.15, 0.2) is 29.4 Å². The van der Waals surface area contributed by atoms with Gasteiger partial charge in [-0.25, -0.2) is 4.98 Å². The third kappa shape index (κ3) is 6.23. The van der Waals surface area contributed by atoms with E-state index in [0.717, 1.165) is 24.2 Å². The molecule has 1 heterocycles. The average molecular weight is 453 g/mol. The van der Waals surface area contributed by atoms with E-state index in [4.69, 9.17) is 16.7 Å². The Hall–Kier alpha value is -2.03. The van der Waals surface area contributed by atoms with E-state index in [0.29, 0.717) is 47.6 Å². The minimum absolute atomic E-state index is 0.000867. The number of aliphatic hydroxyl groups excluding tert-OH is 1. The summed E-state index contributed by atoms with van der Waals surface area (Å²) < 4.78 is 1.87. The summed E-state index contributed by atoms with van der Waals surface area (Å²) >= 11 is 7.59. The van der Waals surface area contributed by atoms with Crippen LogP contribution in [0.4, 0.5) is 5.82 Å². The molecule has 7 nitrogen and oxygen atoms in total. The van der Waals surface area contributed by atoms with Crippen LogP contribution in [0.5, 0.6) is 0 Å². The van der Waals surface area contributed by atoms with Gasteiger partial charge >= 0.3 is 0 Å². The summed E-state index contributed by atoms with van der Waals surface area (Å²) in [5, 5.41) is 10.5. The Morgan fingerprint density at radius 2 is 1.97 bits per heavy atom. The fourth-order valence-corrected chi connectivity index (χ4v) is 4.06. The van der Waals surface area contributed by atoms with Gasteiger partial charge in [-0.15, -0.1) is 0 Å². The predicted molar refractivity (Wildman–Crippen MR) is 122 cm³/mol.